The van der Waals surface area contributed by atoms with Crippen LogP contribution in [0.3, 0.4) is 0 Å². The van der Waals surface area contributed by atoms with Crippen molar-refractivity contribution in [1.82, 2.24) is 9.97 Å². The van der Waals surface area contributed by atoms with Crippen molar-refractivity contribution in [3.8, 4) is 0 Å². The number of alkyl halides is 2. The average molecular weight is 284 g/mol. The molecule has 0 radical (unpaired) electrons. The standard InChI is InChI=1S/C13H14F2N2O3/c14-13(15)9(3-6(4-18)11(13)19)7-1-2-8-10(7)16-5-17-12(8)20/h1,5-6,9,11,18-19H,2-4H2,(H,16,17,20)/t6?,9-,11+/m0/s1. The minimum absolute atomic E-state index is 0.0234. The fourth-order valence-corrected chi connectivity index (χ4v) is 3.10. The van der Waals surface area contributed by atoms with Crippen molar-refractivity contribution in [2.24, 2.45) is 11.8 Å². The third-order valence-electron chi connectivity index (χ3n) is 4.20. The highest BCUT2D eigenvalue weighted by Gasteiger charge is 2.58. The van der Waals surface area contributed by atoms with E-state index >= 15 is 0 Å². The Bertz CT molecular complexity index is 626. The van der Waals surface area contributed by atoms with Crippen molar-refractivity contribution in [1.29, 1.82) is 0 Å². The summed E-state index contributed by atoms with van der Waals surface area (Å²) < 4.78 is 28.3. The summed E-state index contributed by atoms with van der Waals surface area (Å²) in [6.45, 7) is -0.490. The first kappa shape index (κ1) is 13.4. The summed E-state index contributed by atoms with van der Waals surface area (Å²) >= 11 is 0. The van der Waals surface area contributed by atoms with E-state index in [-0.39, 0.29) is 24.1 Å². The van der Waals surface area contributed by atoms with Gasteiger partial charge in [-0.1, -0.05) is 6.08 Å². The third kappa shape index (κ3) is 1.73. The van der Waals surface area contributed by atoms with Gasteiger partial charge in [0.2, 0.25) is 0 Å². The van der Waals surface area contributed by atoms with Gasteiger partial charge in [0.05, 0.1) is 17.9 Å². The van der Waals surface area contributed by atoms with Gasteiger partial charge in [-0.2, -0.15) is 0 Å². The van der Waals surface area contributed by atoms with E-state index in [0.29, 0.717) is 11.1 Å². The Hall–Kier alpha value is -1.60. The van der Waals surface area contributed by atoms with Gasteiger partial charge >= 0.3 is 0 Å². The van der Waals surface area contributed by atoms with Crippen LogP contribution in [0.1, 0.15) is 17.7 Å². The smallest absolute Gasteiger partial charge is 0.280 e. The zero-order valence-corrected chi connectivity index (χ0v) is 10.5. The second-order valence-corrected chi connectivity index (χ2v) is 5.27. The number of aliphatic hydroxyl groups is 2. The van der Waals surface area contributed by atoms with Crippen molar-refractivity contribution in [2.75, 3.05) is 6.61 Å². The lowest BCUT2D eigenvalue weighted by molar-refractivity contribution is -0.116. The summed E-state index contributed by atoms with van der Waals surface area (Å²) in [5, 5.41) is 18.7. The molecule has 2 aliphatic rings. The van der Waals surface area contributed by atoms with Crippen LogP contribution >= 0.6 is 0 Å². The molecular formula is C13H14F2N2O3. The second kappa shape index (κ2) is 4.46. The number of rotatable bonds is 2. The van der Waals surface area contributed by atoms with Crippen molar-refractivity contribution in [3.05, 3.63) is 34.0 Å². The molecule has 3 atom stereocenters. The summed E-state index contributed by atoms with van der Waals surface area (Å²) in [5.74, 6) is -5.40. The van der Waals surface area contributed by atoms with Crippen LogP contribution in [0.5, 0.6) is 0 Å². The van der Waals surface area contributed by atoms with Gasteiger partial charge in [-0.05, 0) is 18.4 Å². The fourth-order valence-electron chi connectivity index (χ4n) is 3.10. The van der Waals surface area contributed by atoms with Gasteiger partial charge in [-0.15, -0.1) is 0 Å². The highest BCUT2D eigenvalue weighted by atomic mass is 19.3. The van der Waals surface area contributed by atoms with E-state index in [4.69, 9.17) is 5.11 Å². The minimum Gasteiger partial charge on any atom is -0.396 e. The first-order valence-corrected chi connectivity index (χ1v) is 6.40. The lowest BCUT2D eigenvalue weighted by Crippen LogP contribution is -2.37. The molecule has 3 N–H and O–H groups in total. The number of hydrogen-bond acceptors (Lipinski definition) is 4. The van der Waals surface area contributed by atoms with E-state index in [2.05, 4.69) is 9.97 Å². The number of aromatic amines is 1. The molecule has 1 unspecified atom stereocenters. The monoisotopic (exact) mass is 284 g/mol. The molecule has 1 fully saturated rings. The number of allylic oxidation sites excluding steroid dienone is 2. The summed E-state index contributed by atoms with van der Waals surface area (Å²) in [6, 6.07) is 0. The Morgan fingerprint density at radius 3 is 2.90 bits per heavy atom. The van der Waals surface area contributed by atoms with Crippen LogP contribution in [0.4, 0.5) is 8.78 Å². The largest absolute Gasteiger partial charge is 0.396 e. The molecule has 5 nitrogen and oxygen atoms in total. The predicted octanol–water partition coefficient (Wildman–Crippen LogP) is 0.334. The first-order chi connectivity index (χ1) is 9.46. The molecule has 1 saturated carbocycles. The number of aliphatic hydroxyl groups excluding tert-OH is 2. The van der Waals surface area contributed by atoms with E-state index in [9.17, 15) is 18.7 Å². The molecule has 20 heavy (non-hydrogen) atoms. The van der Waals surface area contributed by atoms with Gasteiger partial charge in [-0.25, -0.2) is 13.8 Å². The number of nitrogens with one attached hydrogen (secondary N) is 1. The molecule has 108 valence electrons. The second-order valence-electron chi connectivity index (χ2n) is 5.27. The Balaban J connectivity index is 2.01. The van der Waals surface area contributed by atoms with Gasteiger partial charge in [0.1, 0.15) is 6.10 Å². The maximum absolute atomic E-state index is 14.2. The zero-order chi connectivity index (χ0) is 14.5. The van der Waals surface area contributed by atoms with Gasteiger partial charge in [-0.3, -0.25) is 4.79 Å². The van der Waals surface area contributed by atoms with Crippen LogP contribution < -0.4 is 5.56 Å². The molecule has 0 amide bonds. The molecule has 0 aromatic carbocycles. The molecule has 1 heterocycles. The first-order valence-electron chi connectivity index (χ1n) is 6.40. The van der Waals surface area contributed by atoms with Crippen LogP contribution in [0.25, 0.3) is 5.57 Å². The van der Waals surface area contributed by atoms with Crippen molar-refractivity contribution in [3.63, 3.8) is 0 Å². The summed E-state index contributed by atoms with van der Waals surface area (Å²) in [7, 11) is 0. The Kier molecular flexibility index (Phi) is 2.98. The van der Waals surface area contributed by atoms with Crippen molar-refractivity contribution in [2.45, 2.75) is 24.9 Å². The minimum atomic E-state index is -3.33. The topological polar surface area (TPSA) is 86.2 Å². The van der Waals surface area contributed by atoms with Crippen LogP contribution in [0.2, 0.25) is 0 Å². The molecule has 0 aliphatic heterocycles. The van der Waals surface area contributed by atoms with E-state index in [1.165, 1.54) is 6.33 Å². The van der Waals surface area contributed by atoms with E-state index < -0.39 is 30.5 Å². The molecular weight excluding hydrogens is 270 g/mol. The molecule has 2 aliphatic carbocycles. The normalized spacial score (nSPS) is 31.2. The number of H-pyrrole nitrogens is 1. The summed E-state index contributed by atoms with van der Waals surface area (Å²) in [4.78, 5) is 18.0. The van der Waals surface area contributed by atoms with E-state index in [1.54, 1.807) is 6.08 Å². The number of hydrogen-bond donors (Lipinski definition) is 3. The molecule has 7 heteroatoms. The molecule has 1 aromatic heterocycles. The van der Waals surface area contributed by atoms with Crippen LogP contribution in [0.15, 0.2) is 17.2 Å². The highest BCUT2D eigenvalue weighted by molar-refractivity contribution is 5.72. The summed E-state index contributed by atoms with van der Waals surface area (Å²) in [6.07, 6.45) is 1.13. The Morgan fingerprint density at radius 1 is 1.50 bits per heavy atom. The number of nitrogens with zero attached hydrogens (tertiary/aromatic N) is 1. The molecule has 3 rings (SSSR count). The van der Waals surface area contributed by atoms with Crippen LogP contribution in [0, 0.1) is 11.8 Å². The molecule has 0 spiro atoms. The third-order valence-corrected chi connectivity index (χ3v) is 4.20. The van der Waals surface area contributed by atoms with Crippen LogP contribution in [-0.4, -0.2) is 38.8 Å². The highest BCUT2D eigenvalue weighted by Crippen LogP contribution is 2.51. The zero-order valence-electron chi connectivity index (χ0n) is 10.5. The number of aromatic nitrogens is 2. The Morgan fingerprint density at radius 2 is 2.25 bits per heavy atom. The van der Waals surface area contributed by atoms with Gasteiger partial charge in [0.25, 0.3) is 11.5 Å². The van der Waals surface area contributed by atoms with E-state index in [0.717, 1.165) is 0 Å². The van der Waals surface area contributed by atoms with Crippen molar-refractivity contribution >= 4 is 5.57 Å². The summed E-state index contributed by atoms with van der Waals surface area (Å²) in [5.41, 5.74) is 0.623. The number of fused-ring (bicyclic) bond motifs is 1. The number of halogens is 2. The van der Waals surface area contributed by atoms with Gasteiger partial charge in [0.15, 0.2) is 0 Å². The molecule has 0 bridgehead atoms. The quantitative estimate of drug-likeness (QED) is 0.730. The predicted molar refractivity (Wildman–Crippen MR) is 66.2 cm³/mol. The molecule has 0 saturated heterocycles. The fraction of sp³-hybridized carbons (Fsp3) is 0.538. The van der Waals surface area contributed by atoms with Gasteiger partial charge < -0.3 is 15.2 Å². The maximum atomic E-state index is 14.2. The van der Waals surface area contributed by atoms with Gasteiger partial charge in [0, 0.05) is 18.1 Å². The lowest BCUT2D eigenvalue weighted by atomic mass is 9.92. The Labute approximate surface area is 113 Å². The maximum Gasteiger partial charge on any atom is 0.280 e. The molecule has 1 aromatic rings. The SMILES string of the molecule is O=c1[nH]cnc2c1CC=C2[C@@H]1CC(CO)[C@@H](O)C1(F)F. The van der Waals surface area contributed by atoms with Crippen molar-refractivity contribution < 1.29 is 19.0 Å². The van der Waals surface area contributed by atoms with Crippen LogP contribution in [-0.2, 0) is 6.42 Å². The van der Waals surface area contributed by atoms with E-state index in [1.807, 2.05) is 0 Å². The average Bonchev–Trinajstić information content (AvgIpc) is 2.92. The lowest BCUT2D eigenvalue weighted by Gasteiger charge is -2.23.